The molecule has 0 atom stereocenters. The van der Waals surface area contributed by atoms with E-state index in [9.17, 15) is 4.39 Å². The maximum Gasteiger partial charge on any atom is 2.00 e. The Morgan fingerprint density at radius 2 is 1.67 bits per heavy atom. The Morgan fingerprint density at radius 1 is 0.844 bits per heavy atom. The van der Waals surface area contributed by atoms with E-state index in [2.05, 4.69) is 61.3 Å². The molecule has 7 rings (SSSR count). The quantitative estimate of drug-likeness (QED) is 0.145. The van der Waals surface area contributed by atoms with Gasteiger partial charge in [-0.05, 0) is 61.0 Å². The van der Waals surface area contributed by atoms with Crippen molar-refractivity contribution in [3.8, 4) is 34.1 Å². The topological polar surface area (TPSA) is 44.9 Å². The fourth-order valence-corrected chi connectivity index (χ4v) is 5.96. The van der Waals surface area contributed by atoms with Crippen LogP contribution in [0, 0.1) is 31.8 Å². The standard InChI is InChI=1S/C38H31FN4O.Pt/c1-4-5-10-27-15-18-35-34(21-27)33-17-16-32(24-36(33)42(35)37-22-29(39)19-20-40-37)44-31-14-9-13-30(23-31)43-26(3)38(25(2)41-43)28-11-7-6-8-12-28;/h6-9,11-22H,4-5,10H2,1-3H3;/q-2;+2. The molecule has 4 aromatic carbocycles. The van der Waals surface area contributed by atoms with Gasteiger partial charge >= 0.3 is 21.1 Å². The van der Waals surface area contributed by atoms with Crippen molar-refractivity contribution in [1.82, 2.24) is 19.3 Å². The molecule has 0 aliphatic carbocycles. The molecular formula is C38H31FN4OPt. The average Bonchev–Trinajstić information content (AvgIpc) is 3.52. The van der Waals surface area contributed by atoms with Gasteiger partial charge in [0.1, 0.15) is 11.6 Å². The number of unbranched alkanes of at least 4 members (excludes halogenated alkanes) is 1. The minimum Gasteiger partial charge on any atom is -0.509 e. The van der Waals surface area contributed by atoms with Crippen LogP contribution in [0.1, 0.15) is 36.7 Å². The Bertz CT molecular complexity index is 2130. The molecule has 0 aliphatic heterocycles. The van der Waals surface area contributed by atoms with Crippen LogP contribution in [0.3, 0.4) is 0 Å². The monoisotopic (exact) mass is 773 g/mol. The summed E-state index contributed by atoms with van der Waals surface area (Å²) in [5.41, 5.74) is 7.99. The van der Waals surface area contributed by atoms with E-state index in [1.54, 1.807) is 0 Å². The van der Waals surface area contributed by atoms with Crippen molar-refractivity contribution in [2.75, 3.05) is 0 Å². The number of benzene rings is 4. The molecule has 0 radical (unpaired) electrons. The molecule has 0 unspecified atom stereocenters. The van der Waals surface area contributed by atoms with E-state index in [0.29, 0.717) is 17.3 Å². The molecule has 0 amide bonds. The second-order valence-electron chi connectivity index (χ2n) is 11.0. The van der Waals surface area contributed by atoms with Gasteiger partial charge < -0.3 is 9.30 Å². The van der Waals surface area contributed by atoms with E-state index >= 15 is 0 Å². The molecule has 0 saturated carbocycles. The molecule has 0 aliphatic rings. The predicted octanol–water partition coefficient (Wildman–Crippen LogP) is 9.52. The van der Waals surface area contributed by atoms with Gasteiger partial charge in [-0.25, -0.2) is 9.37 Å². The number of pyridine rings is 1. The van der Waals surface area contributed by atoms with Crippen LogP contribution in [0.25, 0.3) is 44.4 Å². The van der Waals surface area contributed by atoms with E-state index in [1.165, 1.54) is 23.9 Å². The zero-order valence-electron chi connectivity index (χ0n) is 25.3. The normalized spacial score (nSPS) is 11.2. The Kier molecular flexibility index (Phi) is 8.69. The van der Waals surface area contributed by atoms with Gasteiger partial charge in [-0.3, -0.25) is 4.68 Å². The average molecular weight is 774 g/mol. The van der Waals surface area contributed by atoms with Crippen molar-refractivity contribution in [1.29, 1.82) is 0 Å². The molecule has 226 valence electrons. The van der Waals surface area contributed by atoms with Gasteiger partial charge in [0.15, 0.2) is 0 Å². The summed E-state index contributed by atoms with van der Waals surface area (Å²) in [4.78, 5) is 4.50. The van der Waals surface area contributed by atoms with Crippen LogP contribution in [0.5, 0.6) is 11.5 Å². The molecule has 0 bridgehead atoms. The predicted molar refractivity (Wildman–Crippen MR) is 173 cm³/mol. The van der Waals surface area contributed by atoms with Gasteiger partial charge in [0.25, 0.3) is 0 Å². The number of fused-ring (bicyclic) bond motifs is 3. The van der Waals surface area contributed by atoms with Gasteiger partial charge in [-0.2, -0.15) is 17.2 Å². The maximum atomic E-state index is 14.4. The van der Waals surface area contributed by atoms with Crippen LogP contribution in [-0.4, -0.2) is 19.3 Å². The number of aryl methyl sites for hydroxylation is 2. The number of halogens is 1. The first-order valence-corrected chi connectivity index (χ1v) is 14.9. The fourth-order valence-electron chi connectivity index (χ4n) is 5.96. The Labute approximate surface area is 276 Å². The zero-order chi connectivity index (χ0) is 30.2. The van der Waals surface area contributed by atoms with E-state index in [0.717, 1.165) is 69.3 Å². The number of nitrogens with zero attached hydrogens (tertiary/aromatic N) is 4. The summed E-state index contributed by atoms with van der Waals surface area (Å²) in [6, 6.07) is 36.1. The third kappa shape index (κ3) is 5.83. The summed E-state index contributed by atoms with van der Waals surface area (Å²) in [6.07, 6.45) is 4.76. The van der Waals surface area contributed by atoms with Crippen molar-refractivity contribution in [3.05, 3.63) is 132 Å². The maximum absolute atomic E-state index is 14.4. The van der Waals surface area contributed by atoms with E-state index in [1.807, 2.05) is 64.7 Å². The summed E-state index contributed by atoms with van der Waals surface area (Å²) in [5, 5.41) is 6.91. The molecule has 0 saturated heterocycles. The van der Waals surface area contributed by atoms with Crippen molar-refractivity contribution >= 4 is 21.8 Å². The van der Waals surface area contributed by atoms with E-state index < -0.39 is 0 Å². The summed E-state index contributed by atoms with van der Waals surface area (Å²) >= 11 is 0. The number of hydrogen-bond donors (Lipinski definition) is 0. The van der Waals surface area contributed by atoms with Gasteiger partial charge in [0.05, 0.1) is 5.69 Å². The molecular weight excluding hydrogens is 743 g/mol. The largest absolute Gasteiger partial charge is 2.00 e. The molecule has 5 nitrogen and oxygen atoms in total. The van der Waals surface area contributed by atoms with Crippen LogP contribution < -0.4 is 4.74 Å². The van der Waals surface area contributed by atoms with E-state index in [4.69, 9.17) is 9.84 Å². The molecule has 45 heavy (non-hydrogen) atoms. The van der Waals surface area contributed by atoms with Gasteiger partial charge in [-0.15, -0.1) is 35.7 Å². The van der Waals surface area contributed by atoms with Crippen molar-refractivity contribution < 1.29 is 30.2 Å². The summed E-state index contributed by atoms with van der Waals surface area (Å²) in [5.74, 6) is 1.21. The van der Waals surface area contributed by atoms with Crippen LogP contribution in [0.15, 0.2) is 97.2 Å². The fraction of sp³-hybridized carbons (Fsp3) is 0.158. The van der Waals surface area contributed by atoms with Crippen LogP contribution in [0.2, 0.25) is 0 Å². The molecule has 0 spiro atoms. The number of rotatable bonds is 8. The van der Waals surface area contributed by atoms with Crippen molar-refractivity contribution in [2.45, 2.75) is 40.0 Å². The smallest absolute Gasteiger partial charge is 0.509 e. The van der Waals surface area contributed by atoms with Crippen molar-refractivity contribution in [3.63, 3.8) is 0 Å². The Morgan fingerprint density at radius 3 is 2.47 bits per heavy atom. The van der Waals surface area contributed by atoms with Gasteiger partial charge in [0.2, 0.25) is 0 Å². The van der Waals surface area contributed by atoms with Gasteiger partial charge in [-0.1, -0.05) is 61.3 Å². The van der Waals surface area contributed by atoms with Crippen LogP contribution in [0.4, 0.5) is 4.39 Å². The van der Waals surface area contributed by atoms with Crippen molar-refractivity contribution in [2.24, 2.45) is 0 Å². The third-order valence-electron chi connectivity index (χ3n) is 8.02. The zero-order valence-corrected chi connectivity index (χ0v) is 27.5. The summed E-state index contributed by atoms with van der Waals surface area (Å²) in [7, 11) is 0. The van der Waals surface area contributed by atoms with Gasteiger partial charge in [0, 0.05) is 40.5 Å². The molecule has 3 heterocycles. The second kappa shape index (κ2) is 12.8. The first-order valence-electron chi connectivity index (χ1n) is 14.9. The first kappa shape index (κ1) is 30.5. The number of aromatic nitrogens is 4. The molecule has 7 aromatic rings. The Hall–Kier alpha value is -4.54. The van der Waals surface area contributed by atoms with E-state index in [-0.39, 0.29) is 26.9 Å². The summed E-state index contributed by atoms with van der Waals surface area (Å²) < 4.78 is 24.6. The SMILES string of the molecule is CCCCc1ccc2c(c1)c1ccc(Oc3[c-]c(-n4nc(C)c(-c5ccccc5)c4C)ccc3)[c-]c1n2-c1cc(F)ccn1.[Pt+2]. The minimum atomic E-state index is -0.344. The van der Waals surface area contributed by atoms with Crippen LogP contribution >= 0.6 is 0 Å². The molecule has 7 heteroatoms. The number of ether oxygens (including phenoxy) is 1. The minimum absolute atomic E-state index is 0. The number of hydrogen-bond acceptors (Lipinski definition) is 3. The van der Waals surface area contributed by atoms with Crippen LogP contribution in [-0.2, 0) is 27.5 Å². The first-order chi connectivity index (χ1) is 21.5. The molecule has 0 fully saturated rings. The molecule has 3 aromatic heterocycles. The third-order valence-corrected chi connectivity index (χ3v) is 8.02. The molecule has 0 N–H and O–H groups in total. The summed E-state index contributed by atoms with van der Waals surface area (Å²) in [6.45, 7) is 6.29. The Balaban J connectivity index is 0.00000357. The second-order valence-corrected chi connectivity index (χ2v) is 11.0.